The van der Waals surface area contributed by atoms with Crippen molar-refractivity contribution in [1.82, 2.24) is 14.5 Å². The molecule has 0 bridgehead atoms. The van der Waals surface area contributed by atoms with Gasteiger partial charge in [0.25, 0.3) is 5.56 Å². The molecule has 0 saturated carbocycles. The predicted octanol–water partition coefficient (Wildman–Crippen LogP) is 3.41. The van der Waals surface area contributed by atoms with Crippen LogP contribution >= 0.6 is 0 Å². The molecular formula is C19H15F3N6O. The van der Waals surface area contributed by atoms with Crippen LogP contribution in [-0.4, -0.2) is 20.5 Å². The van der Waals surface area contributed by atoms with Crippen LogP contribution in [0.3, 0.4) is 0 Å². The SMILES string of the molecule is Cc1cc(=O)n2c(n1)NC(Nc1cccc(C(F)(F)F)c1)=NC2c1ccccn1. The molecule has 2 N–H and O–H groups in total. The molecule has 10 heteroatoms. The first kappa shape index (κ1) is 18.7. The molecule has 3 aromatic rings. The maximum Gasteiger partial charge on any atom is 0.416 e. The lowest BCUT2D eigenvalue weighted by Gasteiger charge is -2.26. The number of guanidine groups is 1. The van der Waals surface area contributed by atoms with Crippen LogP contribution in [0.4, 0.5) is 24.8 Å². The Kier molecular flexibility index (Phi) is 4.53. The minimum absolute atomic E-state index is 0.150. The molecule has 1 aliphatic rings. The summed E-state index contributed by atoms with van der Waals surface area (Å²) in [6.07, 6.45) is -3.71. The van der Waals surface area contributed by atoms with Crippen molar-refractivity contribution >= 4 is 17.6 Å². The Hall–Kier alpha value is -3.69. The molecule has 1 unspecified atom stereocenters. The Labute approximate surface area is 163 Å². The lowest BCUT2D eigenvalue weighted by Crippen LogP contribution is -2.38. The number of pyridine rings is 1. The summed E-state index contributed by atoms with van der Waals surface area (Å²) in [5, 5.41) is 5.70. The van der Waals surface area contributed by atoms with Gasteiger partial charge < -0.3 is 5.32 Å². The number of alkyl halides is 3. The second kappa shape index (κ2) is 7.04. The summed E-state index contributed by atoms with van der Waals surface area (Å²) in [5.74, 6) is 0.368. The highest BCUT2D eigenvalue weighted by molar-refractivity contribution is 6.03. The van der Waals surface area contributed by atoms with Crippen molar-refractivity contribution in [3.8, 4) is 0 Å². The van der Waals surface area contributed by atoms with Crippen molar-refractivity contribution < 1.29 is 13.2 Å². The number of aliphatic imine (C=N–C) groups is 1. The summed E-state index contributed by atoms with van der Waals surface area (Å²) in [6.45, 7) is 1.67. The second-order valence-electron chi connectivity index (χ2n) is 6.36. The fraction of sp³-hybridized carbons (Fsp3) is 0.158. The summed E-state index contributed by atoms with van der Waals surface area (Å²) < 4.78 is 40.3. The molecule has 1 aromatic carbocycles. The van der Waals surface area contributed by atoms with Crippen molar-refractivity contribution in [3.05, 3.63) is 82.0 Å². The summed E-state index contributed by atoms with van der Waals surface area (Å²) in [4.78, 5) is 25.5. The van der Waals surface area contributed by atoms with Crippen LogP contribution in [0, 0.1) is 6.92 Å². The Morgan fingerprint density at radius 1 is 1.14 bits per heavy atom. The number of fused-ring (bicyclic) bond motifs is 1. The van der Waals surface area contributed by atoms with Gasteiger partial charge >= 0.3 is 6.18 Å². The lowest BCUT2D eigenvalue weighted by atomic mass is 10.2. The molecule has 148 valence electrons. The minimum atomic E-state index is -4.46. The Bertz CT molecular complexity index is 1140. The van der Waals surface area contributed by atoms with Crippen LogP contribution in [0.2, 0.25) is 0 Å². The number of rotatable bonds is 2. The molecule has 0 radical (unpaired) electrons. The second-order valence-corrected chi connectivity index (χ2v) is 6.36. The number of hydrogen-bond donors (Lipinski definition) is 2. The van der Waals surface area contributed by atoms with Crippen molar-refractivity contribution in [2.45, 2.75) is 19.3 Å². The van der Waals surface area contributed by atoms with Gasteiger partial charge in [0.15, 0.2) is 6.17 Å². The smallest absolute Gasteiger partial charge is 0.326 e. The maximum atomic E-state index is 13.0. The highest BCUT2D eigenvalue weighted by atomic mass is 19.4. The third kappa shape index (κ3) is 3.82. The number of aromatic nitrogens is 3. The monoisotopic (exact) mass is 400 g/mol. The molecule has 0 spiro atoms. The van der Waals surface area contributed by atoms with E-state index in [2.05, 4.69) is 25.6 Å². The molecule has 0 aliphatic carbocycles. The number of benzene rings is 1. The zero-order chi connectivity index (χ0) is 20.6. The first-order chi connectivity index (χ1) is 13.8. The van der Waals surface area contributed by atoms with Crippen LogP contribution in [-0.2, 0) is 6.18 Å². The van der Waals surface area contributed by atoms with Crippen molar-refractivity contribution in [2.24, 2.45) is 4.99 Å². The zero-order valence-corrected chi connectivity index (χ0v) is 15.1. The van der Waals surface area contributed by atoms with Gasteiger partial charge in [-0.3, -0.25) is 15.1 Å². The molecule has 1 atom stereocenters. The van der Waals surface area contributed by atoms with E-state index in [0.717, 1.165) is 12.1 Å². The number of halogens is 3. The van der Waals surface area contributed by atoms with Gasteiger partial charge in [0, 0.05) is 23.6 Å². The fourth-order valence-electron chi connectivity index (χ4n) is 2.95. The molecule has 0 fully saturated rings. The van der Waals surface area contributed by atoms with E-state index < -0.39 is 17.9 Å². The van der Waals surface area contributed by atoms with Crippen molar-refractivity contribution in [3.63, 3.8) is 0 Å². The summed E-state index contributed by atoms with van der Waals surface area (Å²) in [6, 6.07) is 11.3. The fourth-order valence-corrected chi connectivity index (χ4v) is 2.95. The average molecular weight is 400 g/mol. The van der Waals surface area contributed by atoms with Gasteiger partial charge in [0.2, 0.25) is 11.9 Å². The van der Waals surface area contributed by atoms with E-state index in [0.29, 0.717) is 11.4 Å². The van der Waals surface area contributed by atoms with E-state index in [4.69, 9.17) is 0 Å². The standard InChI is InChI=1S/C19H15F3N6O/c1-11-9-15(29)28-16(14-7-2-3-8-23-14)26-17(27-18(28)24-11)25-13-6-4-5-12(10-13)19(20,21)22/h2-10,16H,1H3,(H2,24,25,26,27). The van der Waals surface area contributed by atoms with Gasteiger partial charge in [-0.25, -0.2) is 14.5 Å². The number of nitrogens with zero attached hydrogens (tertiary/aromatic N) is 4. The van der Waals surface area contributed by atoms with E-state index in [-0.39, 0.29) is 23.2 Å². The molecule has 1 aliphatic heterocycles. The predicted molar refractivity (Wildman–Crippen MR) is 102 cm³/mol. The minimum Gasteiger partial charge on any atom is -0.326 e. The first-order valence-corrected chi connectivity index (χ1v) is 8.61. The van der Waals surface area contributed by atoms with Crippen LogP contribution in [0.5, 0.6) is 0 Å². The van der Waals surface area contributed by atoms with E-state index >= 15 is 0 Å². The van der Waals surface area contributed by atoms with E-state index in [9.17, 15) is 18.0 Å². The molecule has 2 aromatic heterocycles. The van der Waals surface area contributed by atoms with Crippen LogP contribution in [0.25, 0.3) is 0 Å². The molecule has 0 saturated heterocycles. The van der Waals surface area contributed by atoms with E-state index in [1.54, 1.807) is 31.3 Å². The maximum absolute atomic E-state index is 13.0. The van der Waals surface area contributed by atoms with Gasteiger partial charge in [-0.15, -0.1) is 0 Å². The third-order valence-electron chi connectivity index (χ3n) is 4.21. The first-order valence-electron chi connectivity index (χ1n) is 8.61. The number of hydrogen-bond acceptors (Lipinski definition) is 6. The Balaban J connectivity index is 1.75. The normalized spacial score (nSPS) is 15.9. The molecule has 0 amide bonds. The highest BCUT2D eigenvalue weighted by Crippen LogP contribution is 2.31. The summed E-state index contributed by atoms with van der Waals surface area (Å²) in [5.41, 5.74) is 0.0674. The van der Waals surface area contributed by atoms with Gasteiger partial charge in [0.1, 0.15) is 0 Å². The van der Waals surface area contributed by atoms with Crippen LogP contribution in [0.1, 0.15) is 23.1 Å². The van der Waals surface area contributed by atoms with Gasteiger partial charge in [-0.1, -0.05) is 12.1 Å². The zero-order valence-electron chi connectivity index (χ0n) is 15.1. The summed E-state index contributed by atoms with van der Waals surface area (Å²) >= 11 is 0. The quantitative estimate of drug-likeness (QED) is 0.689. The molecule has 29 heavy (non-hydrogen) atoms. The van der Waals surface area contributed by atoms with Gasteiger partial charge in [-0.2, -0.15) is 13.2 Å². The third-order valence-corrected chi connectivity index (χ3v) is 4.21. The Morgan fingerprint density at radius 2 is 1.97 bits per heavy atom. The number of anilines is 2. The highest BCUT2D eigenvalue weighted by Gasteiger charge is 2.31. The van der Waals surface area contributed by atoms with E-state index in [1.165, 1.54) is 22.8 Å². The molecule has 4 rings (SSSR count). The lowest BCUT2D eigenvalue weighted by molar-refractivity contribution is -0.137. The van der Waals surface area contributed by atoms with E-state index in [1.807, 2.05) is 0 Å². The van der Waals surface area contributed by atoms with Crippen molar-refractivity contribution in [2.75, 3.05) is 10.6 Å². The number of aryl methyl sites for hydroxylation is 1. The summed E-state index contributed by atoms with van der Waals surface area (Å²) in [7, 11) is 0. The van der Waals surface area contributed by atoms with Crippen LogP contribution < -0.4 is 16.2 Å². The average Bonchev–Trinajstić information content (AvgIpc) is 2.67. The van der Waals surface area contributed by atoms with Gasteiger partial charge in [-0.05, 0) is 37.3 Å². The number of nitrogens with one attached hydrogen (secondary N) is 2. The van der Waals surface area contributed by atoms with Gasteiger partial charge in [0.05, 0.1) is 11.3 Å². The Morgan fingerprint density at radius 3 is 2.69 bits per heavy atom. The molecule has 7 nitrogen and oxygen atoms in total. The van der Waals surface area contributed by atoms with Crippen molar-refractivity contribution in [1.29, 1.82) is 0 Å². The van der Waals surface area contributed by atoms with Crippen LogP contribution in [0.15, 0.2) is 64.5 Å². The topological polar surface area (TPSA) is 84.2 Å². The molecular weight excluding hydrogens is 385 g/mol. The largest absolute Gasteiger partial charge is 0.416 e. The molecule has 3 heterocycles.